The fourth-order valence-corrected chi connectivity index (χ4v) is 3.95. The summed E-state index contributed by atoms with van der Waals surface area (Å²) >= 11 is 0. The number of aromatic nitrogens is 7. The molecule has 3 aromatic heterocycles. The van der Waals surface area contributed by atoms with Crippen LogP contribution in [0.3, 0.4) is 0 Å². The van der Waals surface area contributed by atoms with E-state index in [4.69, 9.17) is 0 Å². The summed E-state index contributed by atoms with van der Waals surface area (Å²) in [5.74, 6) is 0.307. The number of hydrogen-bond acceptors (Lipinski definition) is 7. The summed E-state index contributed by atoms with van der Waals surface area (Å²) in [6.07, 6.45) is 2.41. The number of aryl methyl sites for hydroxylation is 1. The minimum atomic E-state index is -0.916. The zero-order chi connectivity index (χ0) is 23.5. The van der Waals surface area contributed by atoms with Gasteiger partial charge in [0, 0.05) is 29.9 Å². The van der Waals surface area contributed by atoms with Crippen LogP contribution in [0.15, 0.2) is 66.9 Å². The third kappa shape index (κ3) is 4.20. The predicted molar refractivity (Wildman–Crippen MR) is 126 cm³/mol. The Labute approximate surface area is 194 Å². The van der Waals surface area contributed by atoms with Gasteiger partial charge in [-0.1, -0.05) is 55.5 Å². The molecule has 10 heteroatoms. The van der Waals surface area contributed by atoms with Crippen molar-refractivity contribution in [1.82, 2.24) is 35.2 Å². The van der Waals surface area contributed by atoms with E-state index in [-0.39, 0.29) is 6.54 Å². The van der Waals surface area contributed by atoms with Gasteiger partial charge in [0.2, 0.25) is 5.82 Å². The number of carboxylic acid groups (broad SMARTS) is 1. The fraction of sp³-hybridized carbons (Fsp3) is 0.167. The maximum absolute atomic E-state index is 11.7. The Bertz CT molecular complexity index is 1430. The van der Waals surface area contributed by atoms with Crippen molar-refractivity contribution < 1.29 is 9.90 Å². The highest BCUT2D eigenvalue weighted by atomic mass is 16.4. The molecule has 0 radical (unpaired) electrons. The molecule has 10 nitrogen and oxygen atoms in total. The topological polar surface area (TPSA) is 125 Å². The lowest BCUT2D eigenvalue weighted by molar-refractivity contribution is -0.135. The minimum absolute atomic E-state index is 0.162. The molecule has 0 unspecified atom stereocenters. The number of hydrogen-bond donors (Lipinski definition) is 2. The lowest BCUT2D eigenvalue weighted by Gasteiger charge is -2.24. The van der Waals surface area contributed by atoms with Crippen LogP contribution in [0.2, 0.25) is 0 Å². The van der Waals surface area contributed by atoms with Gasteiger partial charge in [0.15, 0.2) is 5.65 Å². The molecule has 0 bridgehead atoms. The lowest BCUT2D eigenvalue weighted by Crippen LogP contribution is -2.31. The smallest absolute Gasteiger partial charge is 0.323 e. The average molecular weight is 454 g/mol. The predicted octanol–water partition coefficient (Wildman–Crippen LogP) is 3.23. The third-order valence-corrected chi connectivity index (χ3v) is 5.56. The Hall–Kier alpha value is -4.60. The van der Waals surface area contributed by atoms with Crippen molar-refractivity contribution >= 4 is 17.4 Å². The van der Waals surface area contributed by atoms with E-state index in [1.807, 2.05) is 67.6 Å². The summed E-state index contributed by atoms with van der Waals surface area (Å²) in [5, 5.41) is 28.3. The molecule has 0 amide bonds. The summed E-state index contributed by atoms with van der Waals surface area (Å²) in [7, 11) is 0. The molecule has 34 heavy (non-hydrogen) atoms. The maximum Gasteiger partial charge on any atom is 0.323 e. The first-order valence-corrected chi connectivity index (χ1v) is 10.8. The van der Waals surface area contributed by atoms with Gasteiger partial charge in [0.05, 0.1) is 6.20 Å². The first-order chi connectivity index (χ1) is 16.6. The minimum Gasteiger partial charge on any atom is -0.480 e. The number of H-pyrrole nitrogens is 1. The number of nitrogens with one attached hydrogen (secondary N) is 1. The second kappa shape index (κ2) is 9.10. The third-order valence-electron chi connectivity index (χ3n) is 5.56. The molecule has 0 spiro atoms. The van der Waals surface area contributed by atoms with Gasteiger partial charge in [-0.2, -0.15) is 14.8 Å². The van der Waals surface area contributed by atoms with E-state index in [1.54, 1.807) is 15.6 Å². The molecule has 2 N–H and O–H groups in total. The summed E-state index contributed by atoms with van der Waals surface area (Å²) in [6, 6.07) is 19.6. The van der Waals surface area contributed by atoms with Gasteiger partial charge in [0.1, 0.15) is 12.4 Å². The van der Waals surface area contributed by atoms with E-state index >= 15 is 0 Å². The number of aromatic amines is 1. The Morgan fingerprint density at radius 3 is 2.59 bits per heavy atom. The largest absolute Gasteiger partial charge is 0.480 e. The Kier molecular flexibility index (Phi) is 5.69. The highest BCUT2D eigenvalue weighted by molar-refractivity contribution is 5.80. The van der Waals surface area contributed by atoms with E-state index in [0.717, 1.165) is 34.4 Å². The number of carbonyl (C=O) groups is 1. The lowest BCUT2D eigenvalue weighted by atomic mass is 9.98. The molecule has 0 saturated heterocycles. The van der Waals surface area contributed by atoms with Gasteiger partial charge >= 0.3 is 5.97 Å². The number of benzene rings is 2. The molecule has 0 atom stereocenters. The van der Waals surface area contributed by atoms with Crippen LogP contribution in [0, 0.1) is 0 Å². The van der Waals surface area contributed by atoms with Crippen molar-refractivity contribution in [2.75, 3.05) is 11.4 Å². The molecule has 170 valence electrons. The van der Waals surface area contributed by atoms with Crippen LogP contribution < -0.4 is 4.90 Å². The molecule has 3 heterocycles. The summed E-state index contributed by atoms with van der Waals surface area (Å²) in [6.45, 7) is 2.26. The second-order valence-electron chi connectivity index (χ2n) is 7.79. The van der Waals surface area contributed by atoms with E-state index in [1.165, 1.54) is 0 Å². The highest BCUT2D eigenvalue weighted by Gasteiger charge is 2.17. The molecule has 5 rings (SSSR count). The average Bonchev–Trinajstić information content (AvgIpc) is 3.55. The number of fused-ring (bicyclic) bond motifs is 1. The summed E-state index contributed by atoms with van der Waals surface area (Å²) in [5.41, 5.74) is 5.40. The molecule has 0 aliphatic carbocycles. The van der Waals surface area contributed by atoms with Crippen LogP contribution in [0.25, 0.3) is 28.2 Å². The van der Waals surface area contributed by atoms with Crippen LogP contribution in [-0.4, -0.2) is 52.8 Å². The van der Waals surface area contributed by atoms with Crippen molar-refractivity contribution in [2.45, 2.75) is 19.9 Å². The van der Waals surface area contributed by atoms with Crippen LogP contribution in [0.4, 0.5) is 5.82 Å². The van der Waals surface area contributed by atoms with Crippen LogP contribution in [0.5, 0.6) is 0 Å². The monoisotopic (exact) mass is 454 g/mol. The van der Waals surface area contributed by atoms with Crippen molar-refractivity contribution in [1.29, 1.82) is 0 Å². The standard InChI is InChI=1S/C24H22N8O2/c1-2-18-13-22(32-21(26-18)11-12-25-32)31(15-23(33)34)14-16-7-9-17(10-8-16)19-5-3-4-6-20(19)24-27-29-30-28-24/h3-13H,2,14-15H2,1H3,(H,33,34)(H,27,28,29,30). The van der Waals surface area contributed by atoms with Crippen molar-refractivity contribution in [3.63, 3.8) is 0 Å². The zero-order valence-corrected chi connectivity index (χ0v) is 18.5. The number of rotatable bonds is 8. The van der Waals surface area contributed by atoms with E-state index in [0.29, 0.717) is 23.8 Å². The first-order valence-electron chi connectivity index (χ1n) is 10.8. The van der Waals surface area contributed by atoms with Gasteiger partial charge in [-0.15, -0.1) is 10.2 Å². The first kappa shape index (κ1) is 21.3. The van der Waals surface area contributed by atoms with Gasteiger partial charge in [-0.25, -0.2) is 4.98 Å². The number of aliphatic carboxylic acids is 1. The molecular weight excluding hydrogens is 432 g/mol. The molecule has 0 fully saturated rings. The Morgan fingerprint density at radius 1 is 1.09 bits per heavy atom. The van der Waals surface area contributed by atoms with E-state index in [2.05, 4.69) is 30.7 Å². The number of tetrazole rings is 1. The number of anilines is 1. The molecular formula is C24H22N8O2. The fourth-order valence-electron chi connectivity index (χ4n) is 3.95. The van der Waals surface area contributed by atoms with Crippen molar-refractivity contribution in [3.05, 3.63) is 78.1 Å². The Morgan fingerprint density at radius 2 is 1.88 bits per heavy atom. The second-order valence-corrected chi connectivity index (χ2v) is 7.79. The highest BCUT2D eigenvalue weighted by Crippen LogP contribution is 2.30. The molecule has 0 saturated carbocycles. The SMILES string of the molecule is CCc1cc(N(CC(=O)O)Cc2ccc(-c3ccccc3-c3nn[nH]n3)cc2)n2nccc2n1. The molecule has 2 aromatic carbocycles. The zero-order valence-electron chi connectivity index (χ0n) is 18.5. The van der Waals surface area contributed by atoms with Gasteiger partial charge in [-0.3, -0.25) is 4.79 Å². The number of carboxylic acids is 1. The van der Waals surface area contributed by atoms with Gasteiger partial charge in [0.25, 0.3) is 0 Å². The molecule has 5 aromatic rings. The quantitative estimate of drug-likeness (QED) is 0.366. The van der Waals surface area contributed by atoms with E-state index < -0.39 is 5.97 Å². The molecule has 0 aliphatic rings. The van der Waals surface area contributed by atoms with Crippen LogP contribution in [0.1, 0.15) is 18.2 Å². The summed E-state index contributed by atoms with van der Waals surface area (Å²) in [4.78, 5) is 18.0. The van der Waals surface area contributed by atoms with E-state index in [9.17, 15) is 9.90 Å². The van der Waals surface area contributed by atoms with Gasteiger partial charge in [-0.05, 0) is 28.3 Å². The summed E-state index contributed by atoms with van der Waals surface area (Å²) < 4.78 is 1.68. The van der Waals surface area contributed by atoms with Crippen LogP contribution in [-0.2, 0) is 17.8 Å². The normalized spacial score (nSPS) is 11.1. The van der Waals surface area contributed by atoms with Gasteiger partial charge < -0.3 is 10.0 Å². The Balaban J connectivity index is 1.47. The van der Waals surface area contributed by atoms with Crippen LogP contribution >= 0.6 is 0 Å². The molecule has 0 aliphatic heterocycles. The van der Waals surface area contributed by atoms with Crippen molar-refractivity contribution in [2.24, 2.45) is 0 Å². The van der Waals surface area contributed by atoms with Crippen molar-refractivity contribution in [3.8, 4) is 22.5 Å². The number of nitrogens with zero attached hydrogens (tertiary/aromatic N) is 7. The maximum atomic E-state index is 11.7.